The van der Waals surface area contributed by atoms with Gasteiger partial charge in [0.05, 0.1) is 58.1 Å². The van der Waals surface area contributed by atoms with Crippen LogP contribution in [0.25, 0.3) is 21.5 Å². The molecule has 0 bridgehead atoms. The van der Waals surface area contributed by atoms with Crippen molar-refractivity contribution in [2.75, 3.05) is 24.9 Å². The Kier molecular flexibility index (Phi) is 14.0. The maximum Gasteiger partial charge on any atom is 0.320 e. The molecule has 384 valence electrons. The summed E-state index contributed by atoms with van der Waals surface area (Å²) >= 11 is 0. The van der Waals surface area contributed by atoms with Crippen LogP contribution in [0.3, 0.4) is 0 Å². The summed E-state index contributed by atoms with van der Waals surface area (Å²) in [6.45, 7) is 0. The van der Waals surface area contributed by atoms with Gasteiger partial charge in [0.2, 0.25) is 11.9 Å². The Labute approximate surface area is 410 Å². The average Bonchev–Trinajstić information content (AvgIpc) is 3.27. The minimum atomic E-state index is -5.30. The van der Waals surface area contributed by atoms with Crippen LogP contribution in [0.2, 0.25) is 0 Å². The van der Waals surface area contributed by atoms with Gasteiger partial charge in [0.1, 0.15) is 31.1 Å². The van der Waals surface area contributed by atoms with Crippen molar-refractivity contribution in [3.05, 3.63) is 84.9 Å². The summed E-state index contributed by atoms with van der Waals surface area (Å²) < 4.78 is 215. The van der Waals surface area contributed by atoms with Gasteiger partial charge in [-0.25, -0.2) is 0 Å². The predicted octanol–water partition coefficient (Wildman–Crippen LogP) is 5.70. The molecule has 0 unspecified atom stereocenters. The number of rotatable bonds is 16. The van der Waals surface area contributed by atoms with Gasteiger partial charge in [-0.15, -0.1) is 0 Å². The molecule has 0 aliphatic rings. The van der Waals surface area contributed by atoms with E-state index in [2.05, 4.69) is 46.0 Å². The summed E-state index contributed by atoms with van der Waals surface area (Å²) in [5.41, 5.74) is -0.559. The predicted molar refractivity (Wildman–Crippen MR) is 249 cm³/mol. The van der Waals surface area contributed by atoms with Crippen molar-refractivity contribution in [2.45, 2.75) is 29.4 Å². The van der Waals surface area contributed by atoms with Gasteiger partial charge in [-0.3, -0.25) is 27.3 Å². The summed E-state index contributed by atoms with van der Waals surface area (Å²) in [6.07, 6.45) is 0. The topological polar surface area (TPSA) is 477 Å². The lowest BCUT2D eigenvalue weighted by Crippen LogP contribution is -2.07. The molecule has 0 fully saturated rings. The number of nitrogens with zero attached hydrogens (tertiary/aromatic N) is 7. The summed E-state index contributed by atoms with van der Waals surface area (Å²) in [7, 11) is -28.9. The van der Waals surface area contributed by atoms with Crippen LogP contribution in [0.15, 0.2) is 135 Å². The Morgan fingerprint density at radius 2 is 0.712 bits per heavy atom. The number of hydrogen-bond acceptors (Lipinski definition) is 24. The zero-order valence-electron chi connectivity index (χ0n) is 36.0. The lowest BCUT2D eigenvalue weighted by Gasteiger charge is -2.13. The number of methoxy groups -OCH3 is 2. The fourth-order valence-electron chi connectivity index (χ4n) is 6.62. The van der Waals surface area contributed by atoms with E-state index in [1.165, 1.54) is 50.6 Å². The number of fused-ring (bicyclic) bond motifs is 2. The summed E-state index contributed by atoms with van der Waals surface area (Å²) in [6, 6.07) is 12.2. The molecular formula is C37H29N9O21S6. The van der Waals surface area contributed by atoms with Gasteiger partial charge in [0.15, 0.2) is 0 Å². The lowest BCUT2D eigenvalue weighted by molar-refractivity contribution is 0.416. The number of azo groups is 2. The summed E-state index contributed by atoms with van der Waals surface area (Å²) in [4.78, 5) is 5.19. The van der Waals surface area contributed by atoms with Crippen molar-refractivity contribution in [3.63, 3.8) is 0 Å². The third-order valence-corrected chi connectivity index (χ3v) is 14.9. The molecule has 0 radical (unpaired) electrons. The number of hydrogen-bond donors (Lipinski definition) is 9. The van der Waals surface area contributed by atoms with E-state index in [9.17, 15) is 82.9 Å². The van der Waals surface area contributed by atoms with E-state index < -0.39 is 129 Å². The maximum atomic E-state index is 12.4. The molecular weight excluding hydrogens is 1100 g/mol. The first-order chi connectivity index (χ1) is 33.7. The lowest BCUT2D eigenvalue weighted by atomic mass is 10.1. The molecule has 36 heteroatoms. The average molecular weight is 1130 g/mol. The number of benzene rings is 6. The number of aromatic nitrogens is 3. The third kappa shape index (κ3) is 12.1. The van der Waals surface area contributed by atoms with Gasteiger partial charge in [0.25, 0.3) is 60.7 Å². The molecule has 1 heterocycles. The minimum absolute atomic E-state index is 0.00632. The molecule has 1 aromatic heterocycles. The van der Waals surface area contributed by atoms with Gasteiger partial charge in [-0.1, -0.05) is 0 Å². The second-order valence-corrected chi connectivity index (χ2v) is 22.9. The quantitative estimate of drug-likeness (QED) is 0.0414. The Morgan fingerprint density at radius 1 is 0.397 bits per heavy atom. The van der Waals surface area contributed by atoms with Crippen molar-refractivity contribution < 1.29 is 92.4 Å². The number of aromatic hydroxyl groups is 1. The van der Waals surface area contributed by atoms with E-state index in [1.807, 2.05) is 0 Å². The highest BCUT2D eigenvalue weighted by molar-refractivity contribution is 7.88. The Hall–Kier alpha value is -7.49. The van der Waals surface area contributed by atoms with E-state index in [-0.39, 0.29) is 46.1 Å². The van der Waals surface area contributed by atoms with Crippen LogP contribution in [0, 0.1) is 0 Å². The zero-order valence-corrected chi connectivity index (χ0v) is 40.9. The van der Waals surface area contributed by atoms with Crippen molar-refractivity contribution >= 4 is 128 Å². The van der Waals surface area contributed by atoms with Gasteiger partial charge in [0, 0.05) is 33.7 Å². The third-order valence-electron chi connectivity index (χ3n) is 9.66. The molecule has 7 aromatic rings. The Morgan fingerprint density at radius 3 is 1.03 bits per heavy atom. The summed E-state index contributed by atoms with van der Waals surface area (Å²) in [5, 5.41) is 29.0. The molecule has 30 nitrogen and oxygen atoms in total. The Bertz CT molecular complexity index is 3990. The van der Waals surface area contributed by atoms with Crippen LogP contribution in [-0.2, 0) is 60.7 Å². The van der Waals surface area contributed by atoms with Crippen LogP contribution < -0.4 is 20.1 Å². The first-order valence-electron chi connectivity index (χ1n) is 19.0. The minimum Gasteiger partial charge on any atom is -0.494 e. The highest BCUT2D eigenvalue weighted by atomic mass is 32.2. The molecule has 0 aliphatic heterocycles. The first-order valence-corrected chi connectivity index (χ1v) is 27.6. The van der Waals surface area contributed by atoms with E-state index in [1.54, 1.807) is 0 Å². The smallest absolute Gasteiger partial charge is 0.320 e. The molecule has 73 heavy (non-hydrogen) atoms. The Balaban J connectivity index is 1.15. The largest absolute Gasteiger partial charge is 0.494 e. The van der Waals surface area contributed by atoms with Crippen LogP contribution in [0.5, 0.6) is 17.5 Å². The highest BCUT2D eigenvalue weighted by Gasteiger charge is 2.28. The van der Waals surface area contributed by atoms with E-state index in [4.69, 9.17) is 9.47 Å². The second-order valence-electron chi connectivity index (χ2n) is 14.5. The van der Waals surface area contributed by atoms with Gasteiger partial charge in [-0.05, 0) is 72.8 Å². The van der Waals surface area contributed by atoms with Crippen molar-refractivity contribution in [1.82, 2.24) is 15.0 Å². The second kappa shape index (κ2) is 19.2. The molecule has 0 aliphatic carbocycles. The SMILES string of the molecule is COc1cc(/N=N/c2cc(S(=O)(=O)O)c3cc(S(=O)(=O)O)cc(S(=O)(=O)O)c3c2)ccc1Nc1nc(O)nc(Nc2ccc(/N=N/c3cc(S(=O)(=O)O)c4cc(S(=O)(=O)O)cc(S(=O)(=O)O)c4c3)cc2OC)n1. The van der Waals surface area contributed by atoms with Gasteiger partial charge >= 0.3 is 6.01 Å². The molecule has 0 atom stereocenters. The normalized spacial score (nSPS) is 13.0. The molecule has 0 saturated carbocycles. The monoisotopic (exact) mass is 1130 g/mol. The number of anilines is 4. The molecule has 0 saturated heterocycles. The summed E-state index contributed by atoms with van der Waals surface area (Å²) in [5.74, 6) is -0.495. The van der Waals surface area contributed by atoms with E-state index in [0.717, 1.165) is 12.1 Å². The molecule has 0 amide bonds. The fourth-order valence-corrected chi connectivity index (χ4v) is 10.7. The fraction of sp³-hybridized carbons (Fsp3) is 0.0541. The molecule has 9 N–H and O–H groups in total. The van der Waals surface area contributed by atoms with Crippen LogP contribution in [0.4, 0.5) is 46.0 Å². The highest BCUT2D eigenvalue weighted by Crippen LogP contribution is 2.40. The van der Waals surface area contributed by atoms with Crippen LogP contribution in [0.1, 0.15) is 0 Å². The number of nitrogens with one attached hydrogen (secondary N) is 2. The van der Waals surface area contributed by atoms with Crippen LogP contribution in [-0.4, -0.2) is 112 Å². The van der Waals surface area contributed by atoms with Gasteiger partial charge < -0.3 is 25.2 Å². The molecule has 7 rings (SSSR count). The van der Waals surface area contributed by atoms with E-state index in [0.29, 0.717) is 36.4 Å². The molecule has 0 spiro atoms. The standard InChI is InChI=1S/C37H29N9O21S6/c1-66-29-9-17(43-45-19-7-23-25(31(11-19)70(54,55)56)13-21(68(48,49)50)15-33(23)72(60,61)62)3-5-27(29)38-35-40-36(42-37(47)41-35)39-28-6-4-18(10-30(28)67-2)44-46-20-8-24-26(32(12-20)71(57,58)59)14-22(69(51,52)53)16-34(24)73(63,64)65/h3-16H,1-2H3,(H,48,49,50)(H,51,52,53)(H,54,55,56)(H,57,58,59)(H,60,61,62)(H,63,64,65)(H3,38,39,40,41,42,47)/b45-43+,46-44+. The van der Waals surface area contributed by atoms with Crippen molar-refractivity contribution in [1.29, 1.82) is 0 Å². The van der Waals surface area contributed by atoms with Gasteiger partial charge in [-0.2, -0.15) is 85.9 Å². The van der Waals surface area contributed by atoms with Crippen LogP contribution >= 0.6 is 0 Å². The zero-order chi connectivity index (χ0) is 53.8. The molecule has 6 aromatic carbocycles. The number of ether oxygens (including phenoxy) is 2. The van der Waals surface area contributed by atoms with Crippen molar-refractivity contribution in [3.8, 4) is 17.5 Å². The van der Waals surface area contributed by atoms with E-state index >= 15 is 0 Å². The van der Waals surface area contributed by atoms with Crippen molar-refractivity contribution in [2.24, 2.45) is 20.5 Å². The first kappa shape index (κ1) is 53.3. The maximum absolute atomic E-state index is 12.4.